The van der Waals surface area contributed by atoms with E-state index in [1.54, 1.807) is 6.92 Å². The molecule has 0 saturated heterocycles. The topological polar surface area (TPSA) is 29.1 Å². The number of hydrogen-bond donors (Lipinski definition) is 1. The van der Waals surface area contributed by atoms with Crippen molar-refractivity contribution < 1.29 is 4.79 Å². The van der Waals surface area contributed by atoms with E-state index >= 15 is 0 Å². The number of hydrogen-bond acceptors (Lipinski definition) is 1. The van der Waals surface area contributed by atoms with Crippen LogP contribution in [0.4, 0.5) is 5.69 Å². The maximum absolute atomic E-state index is 11.9. The quantitative estimate of drug-likeness (QED) is 0.780. The standard InChI is InChI=1S/C16H23NO/c1-10(2)13-8-7-9-14(11(3)4)15(13)17-16(18)12(5)6/h7-11H,5H2,1-4,6H3,(H,17,18). The number of para-hydroxylation sites is 1. The molecule has 0 fully saturated rings. The van der Waals surface area contributed by atoms with Gasteiger partial charge >= 0.3 is 0 Å². The van der Waals surface area contributed by atoms with Crippen molar-refractivity contribution in [2.75, 3.05) is 5.32 Å². The number of anilines is 1. The minimum Gasteiger partial charge on any atom is -0.322 e. The van der Waals surface area contributed by atoms with Crippen LogP contribution in [0, 0.1) is 0 Å². The van der Waals surface area contributed by atoms with Crippen molar-refractivity contribution >= 4 is 11.6 Å². The molecule has 0 aliphatic rings. The molecule has 0 radical (unpaired) electrons. The Hall–Kier alpha value is -1.57. The van der Waals surface area contributed by atoms with Crippen molar-refractivity contribution in [2.24, 2.45) is 0 Å². The minimum atomic E-state index is -0.106. The highest BCUT2D eigenvalue weighted by Crippen LogP contribution is 2.32. The zero-order valence-corrected chi connectivity index (χ0v) is 12.0. The van der Waals surface area contributed by atoms with E-state index in [4.69, 9.17) is 0 Å². The zero-order chi connectivity index (χ0) is 13.9. The van der Waals surface area contributed by atoms with Crippen LogP contribution in [0.25, 0.3) is 0 Å². The van der Waals surface area contributed by atoms with E-state index in [1.807, 2.05) is 0 Å². The monoisotopic (exact) mass is 245 g/mol. The van der Waals surface area contributed by atoms with Crippen molar-refractivity contribution in [3.8, 4) is 0 Å². The van der Waals surface area contributed by atoms with Crippen LogP contribution in [0.5, 0.6) is 0 Å². The van der Waals surface area contributed by atoms with Crippen LogP contribution in [-0.4, -0.2) is 5.91 Å². The lowest BCUT2D eigenvalue weighted by Gasteiger charge is -2.20. The summed E-state index contributed by atoms with van der Waals surface area (Å²) in [5, 5.41) is 3.00. The molecule has 0 aliphatic carbocycles. The normalized spacial score (nSPS) is 10.8. The van der Waals surface area contributed by atoms with Gasteiger partial charge in [0.05, 0.1) is 0 Å². The summed E-state index contributed by atoms with van der Waals surface area (Å²) in [6.07, 6.45) is 0. The summed E-state index contributed by atoms with van der Waals surface area (Å²) in [6.45, 7) is 14.0. The van der Waals surface area contributed by atoms with E-state index in [2.05, 4.69) is 57.8 Å². The van der Waals surface area contributed by atoms with E-state index < -0.39 is 0 Å². The number of nitrogens with one attached hydrogen (secondary N) is 1. The molecule has 18 heavy (non-hydrogen) atoms. The highest BCUT2D eigenvalue weighted by Gasteiger charge is 2.15. The number of amides is 1. The smallest absolute Gasteiger partial charge is 0.250 e. The van der Waals surface area contributed by atoms with Gasteiger partial charge in [-0.05, 0) is 29.9 Å². The third-order valence-corrected chi connectivity index (χ3v) is 3.00. The van der Waals surface area contributed by atoms with Gasteiger partial charge in [-0.1, -0.05) is 52.5 Å². The van der Waals surface area contributed by atoms with Crippen LogP contribution >= 0.6 is 0 Å². The number of carbonyl (C=O) groups is 1. The second-order valence-electron chi connectivity index (χ2n) is 5.36. The minimum absolute atomic E-state index is 0.106. The fourth-order valence-corrected chi connectivity index (χ4v) is 1.92. The molecular weight excluding hydrogens is 222 g/mol. The molecule has 0 aliphatic heterocycles. The Labute approximate surface area is 110 Å². The lowest BCUT2D eigenvalue weighted by Crippen LogP contribution is -2.16. The van der Waals surface area contributed by atoms with Crippen LogP contribution in [0.15, 0.2) is 30.4 Å². The Morgan fingerprint density at radius 3 is 1.89 bits per heavy atom. The van der Waals surface area contributed by atoms with Crippen molar-refractivity contribution in [2.45, 2.75) is 46.5 Å². The molecule has 1 N–H and O–H groups in total. The maximum Gasteiger partial charge on any atom is 0.250 e. The summed E-state index contributed by atoms with van der Waals surface area (Å²) in [7, 11) is 0. The Kier molecular flexibility index (Phi) is 4.71. The summed E-state index contributed by atoms with van der Waals surface area (Å²) < 4.78 is 0. The first kappa shape index (κ1) is 14.5. The number of benzene rings is 1. The van der Waals surface area contributed by atoms with Gasteiger partial charge in [0.1, 0.15) is 0 Å². The van der Waals surface area contributed by atoms with Crippen molar-refractivity contribution in [1.29, 1.82) is 0 Å². The SMILES string of the molecule is C=C(C)C(=O)Nc1c(C(C)C)cccc1C(C)C. The average molecular weight is 245 g/mol. The molecule has 0 heterocycles. The summed E-state index contributed by atoms with van der Waals surface area (Å²) in [5.74, 6) is 0.651. The fourth-order valence-electron chi connectivity index (χ4n) is 1.92. The van der Waals surface area contributed by atoms with E-state index in [0.717, 1.165) is 5.69 Å². The molecule has 2 heteroatoms. The van der Waals surface area contributed by atoms with Gasteiger partial charge in [0.15, 0.2) is 0 Å². The largest absolute Gasteiger partial charge is 0.322 e. The van der Waals surface area contributed by atoms with Crippen LogP contribution in [0.2, 0.25) is 0 Å². The van der Waals surface area contributed by atoms with Gasteiger partial charge < -0.3 is 5.32 Å². The van der Waals surface area contributed by atoms with E-state index in [9.17, 15) is 4.79 Å². The van der Waals surface area contributed by atoms with Gasteiger partial charge in [0, 0.05) is 11.3 Å². The predicted molar refractivity (Wildman–Crippen MR) is 78.1 cm³/mol. The van der Waals surface area contributed by atoms with E-state index in [-0.39, 0.29) is 5.91 Å². The molecule has 0 aromatic heterocycles. The van der Waals surface area contributed by atoms with Gasteiger partial charge in [-0.2, -0.15) is 0 Å². The summed E-state index contributed by atoms with van der Waals surface area (Å²) >= 11 is 0. The second-order valence-corrected chi connectivity index (χ2v) is 5.36. The molecule has 0 atom stereocenters. The molecule has 1 rings (SSSR count). The Morgan fingerprint density at radius 1 is 1.11 bits per heavy atom. The lowest BCUT2D eigenvalue weighted by molar-refractivity contribution is -0.112. The maximum atomic E-state index is 11.9. The number of carbonyl (C=O) groups excluding carboxylic acids is 1. The Balaban J connectivity index is 3.27. The van der Waals surface area contributed by atoms with Gasteiger partial charge in [-0.15, -0.1) is 0 Å². The highest BCUT2D eigenvalue weighted by atomic mass is 16.1. The molecule has 1 amide bonds. The van der Waals surface area contributed by atoms with E-state index in [1.165, 1.54) is 11.1 Å². The van der Waals surface area contributed by atoms with Crippen molar-refractivity contribution in [3.63, 3.8) is 0 Å². The summed E-state index contributed by atoms with van der Waals surface area (Å²) in [5.41, 5.74) is 3.84. The molecule has 0 unspecified atom stereocenters. The zero-order valence-electron chi connectivity index (χ0n) is 12.0. The molecule has 2 nitrogen and oxygen atoms in total. The first-order chi connectivity index (χ1) is 8.34. The van der Waals surface area contributed by atoms with Crippen LogP contribution in [0.1, 0.15) is 57.6 Å². The lowest BCUT2D eigenvalue weighted by atomic mass is 9.92. The van der Waals surface area contributed by atoms with Crippen LogP contribution in [0.3, 0.4) is 0 Å². The molecule has 0 spiro atoms. The van der Waals surface area contributed by atoms with E-state index in [0.29, 0.717) is 17.4 Å². The third kappa shape index (κ3) is 3.22. The van der Waals surface area contributed by atoms with Crippen LogP contribution < -0.4 is 5.32 Å². The van der Waals surface area contributed by atoms with Gasteiger partial charge in [0.2, 0.25) is 0 Å². The molecule has 1 aromatic rings. The van der Waals surface area contributed by atoms with Crippen LogP contribution in [-0.2, 0) is 4.79 Å². The first-order valence-corrected chi connectivity index (χ1v) is 6.44. The van der Waals surface area contributed by atoms with Gasteiger partial charge in [0.25, 0.3) is 5.91 Å². The second kappa shape index (κ2) is 5.85. The fraction of sp³-hybridized carbons (Fsp3) is 0.438. The molecule has 0 saturated carbocycles. The van der Waals surface area contributed by atoms with Crippen molar-refractivity contribution in [3.05, 3.63) is 41.5 Å². The molecule has 0 bridgehead atoms. The van der Waals surface area contributed by atoms with Crippen molar-refractivity contribution in [1.82, 2.24) is 0 Å². The summed E-state index contributed by atoms with van der Waals surface area (Å²) in [6, 6.07) is 6.20. The molecular formula is C16H23NO. The average Bonchev–Trinajstić information content (AvgIpc) is 2.28. The Morgan fingerprint density at radius 2 is 1.56 bits per heavy atom. The Bertz CT molecular complexity index is 432. The summed E-state index contributed by atoms with van der Waals surface area (Å²) in [4.78, 5) is 11.9. The molecule has 98 valence electrons. The number of rotatable bonds is 4. The molecule has 1 aromatic carbocycles. The third-order valence-electron chi connectivity index (χ3n) is 3.00. The first-order valence-electron chi connectivity index (χ1n) is 6.44. The predicted octanol–water partition coefficient (Wildman–Crippen LogP) is 4.45. The van der Waals surface area contributed by atoms with Gasteiger partial charge in [-0.3, -0.25) is 4.79 Å². The highest BCUT2D eigenvalue weighted by molar-refractivity contribution is 6.03. The van der Waals surface area contributed by atoms with Gasteiger partial charge in [-0.25, -0.2) is 0 Å².